The van der Waals surface area contributed by atoms with Crippen molar-refractivity contribution in [3.8, 4) is 0 Å². The highest BCUT2D eigenvalue weighted by atomic mass is 35.5. The van der Waals surface area contributed by atoms with Gasteiger partial charge in [0.15, 0.2) is 0 Å². The Morgan fingerprint density at radius 2 is 2.00 bits per heavy atom. The number of aryl methyl sites for hydroxylation is 1. The molecule has 0 aliphatic heterocycles. The minimum absolute atomic E-state index is 0.249. The van der Waals surface area contributed by atoms with E-state index < -0.39 is 0 Å². The summed E-state index contributed by atoms with van der Waals surface area (Å²) in [5.74, 6) is 0. The summed E-state index contributed by atoms with van der Waals surface area (Å²) >= 11 is 6.19. The average molecular weight is 263 g/mol. The van der Waals surface area contributed by atoms with Crippen molar-refractivity contribution in [3.63, 3.8) is 0 Å². The second-order valence-corrected chi connectivity index (χ2v) is 4.82. The molecule has 0 unspecified atom stereocenters. The van der Waals surface area contributed by atoms with Gasteiger partial charge >= 0.3 is 0 Å². The topological polar surface area (TPSA) is 17.0 Å². The minimum Gasteiger partial charge on any atom is -0.351 e. The monoisotopic (exact) mass is 262 g/mol. The SMILES string of the molecule is CCn1cccc1CN[C@@H](C)c1ccccc1Cl. The summed E-state index contributed by atoms with van der Waals surface area (Å²) in [5.41, 5.74) is 2.45. The van der Waals surface area contributed by atoms with Crippen LogP contribution in [0, 0.1) is 0 Å². The van der Waals surface area contributed by atoms with Crippen LogP contribution >= 0.6 is 11.6 Å². The van der Waals surface area contributed by atoms with Crippen molar-refractivity contribution in [2.75, 3.05) is 0 Å². The Morgan fingerprint density at radius 3 is 2.72 bits per heavy atom. The average Bonchev–Trinajstić information content (AvgIpc) is 2.84. The minimum atomic E-state index is 0.249. The van der Waals surface area contributed by atoms with Crippen LogP contribution in [0.2, 0.25) is 5.02 Å². The number of hydrogen-bond acceptors (Lipinski definition) is 1. The zero-order valence-corrected chi connectivity index (χ0v) is 11.6. The van der Waals surface area contributed by atoms with E-state index in [-0.39, 0.29) is 6.04 Å². The van der Waals surface area contributed by atoms with Gasteiger partial charge in [-0.05, 0) is 37.6 Å². The van der Waals surface area contributed by atoms with Gasteiger partial charge in [0.25, 0.3) is 0 Å². The van der Waals surface area contributed by atoms with E-state index in [4.69, 9.17) is 11.6 Å². The number of hydrogen-bond donors (Lipinski definition) is 1. The molecule has 0 aliphatic carbocycles. The molecule has 0 bridgehead atoms. The van der Waals surface area contributed by atoms with Gasteiger partial charge in [-0.2, -0.15) is 0 Å². The van der Waals surface area contributed by atoms with Gasteiger partial charge in [-0.1, -0.05) is 29.8 Å². The molecule has 3 heteroatoms. The lowest BCUT2D eigenvalue weighted by Crippen LogP contribution is -2.20. The lowest BCUT2D eigenvalue weighted by molar-refractivity contribution is 0.550. The van der Waals surface area contributed by atoms with E-state index in [0.717, 1.165) is 23.7 Å². The quantitative estimate of drug-likeness (QED) is 0.861. The van der Waals surface area contributed by atoms with Crippen LogP contribution < -0.4 is 5.32 Å². The van der Waals surface area contributed by atoms with E-state index in [9.17, 15) is 0 Å². The lowest BCUT2D eigenvalue weighted by atomic mass is 10.1. The predicted molar refractivity (Wildman–Crippen MR) is 76.8 cm³/mol. The molecule has 1 aromatic heterocycles. The van der Waals surface area contributed by atoms with E-state index >= 15 is 0 Å². The van der Waals surface area contributed by atoms with Gasteiger partial charge in [-0.15, -0.1) is 0 Å². The molecule has 2 rings (SSSR count). The van der Waals surface area contributed by atoms with Crippen LogP contribution in [0.15, 0.2) is 42.6 Å². The highest BCUT2D eigenvalue weighted by molar-refractivity contribution is 6.31. The number of nitrogens with one attached hydrogen (secondary N) is 1. The van der Waals surface area contributed by atoms with Crippen molar-refractivity contribution in [3.05, 3.63) is 58.9 Å². The van der Waals surface area contributed by atoms with Crippen LogP contribution in [-0.4, -0.2) is 4.57 Å². The third kappa shape index (κ3) is 2.95. The second kappa shape index (κ2) is 6.07. The lowest BCUT2D eigenvalue weighted by Gasteiger charge is -2.16. The summed E-state index contributed by atoms with van der Waals surface area (Å²) < 4.78 is 2.24. The Kier molecular flexibility index (Phi) is 4.45. The van der Waals surface area contributed by atoms with E-state index in [2.05, 4.69) is 48.1 Å². The zero-order chi connectivity index (χ0) is 13.0. The first-order valence-corrected chi connectivity index (χ1v) is 6.72. The Hall–Kier alpha value is -1.25. The van der Waals surface area contributed by atoms with Crippen LogP contribution in [0.4, 0.5) is 0 Å². The van der Waals surface area contributed by atoms with E-state index in [1.165, 1.54) is 5.69 Å². The molecule has 0 spiro atoms. The van der Waals surface area contributed by atoms with E-state index in [1.807, 2.05) is 18.2 Å². The Bertz CT molecular complexity index is 505. The highest BCUT2D eigenvalue weighted by Gasteiger charge is 2.09. The maximum atomic E-state index is 6.19. The van der Waals surface area contributed by atoms with Gasteiger partial charge in [0.1, 0.15) is 0 Å². The normalized spacial score (nSPS) is 12.6. The van der Waals surface area contributed by atoms with Gasteiger partial charge in [-0.3, -0.25) is 0 Å². The molecule has 0 amide bonds. The van der Waals surface area contributed by atoms with Gasteiger partial charge in [0, 0.05) is 36.0 Å². The summed E-state index contributed by atoms with van der Waals surface area (Å²) in [6.07, 6.45) is 2.11. The number of benzene rings is 1. The smallest absolute Gasteiger partial charge is 0.0453 e. The van der Waals surface area contributed by atoms with Gasteiger partial charge in [0.05, 0.1) is 0 Å². The molecule has 96 valence electrons. The second-order valence-electron chi connectivity index (χ2n) is 4.41. The third-order valence-electron chi connectivity index (χ3n) is 3.23. The number of rotatable bonds is 5. The molecule has 2 nitrogen and oxygen atoms in total. The van der Waals surface area contributed by atoms with Crippen molar-refractivity contribution in [2.24, 2.45) is 0 Å². The summed E-state index contributed by atoms with van der Waals surface area (Å²) in [5, 5.41) is 4.33. The fourth-order valence-corrected chi connectivity index (χ4v) is 2.41. The number of halogens is 1. The number of nitrogens with zero attached hydrogens (tertiary/aromatic N) is 1. The number of aromatic nitrogens is 1. The Labute approximate surface area is 114 Å². The highest BCUT2D eigenvalue weighted by Crippen LogP contribution is 2.22. The summed E-state index contributed by atoms with van der Waals surface area (Å²) in [7, 11) is 0. The van der Waals surface area contributed by atoms with Crippen LogP contribution in [0.25, 0.3) is 0 Å². The fourth-order valence-electron chi connectivity index (χ4n) is 2.11. The van der Waals surface area contributed by atoms with Crippen molar-refractivity contribution < 1.29 is 0 Å². The molecule has 2 aromatic rings. The molecule has 18 heavy (non-hydrogen) atoms. The largest absolute Gasteiger partial charge is 0.351 e. The Balaban J connectivity index is 2.01. The van der Waals surface area contributed by atoms with Gasteiger partial charge in [0.2, 0.25) is 0 Å². The maximum Gasteiger partial charge on any atom is 0.0453 e. The third-order valence-corrected chi connectivity index (χ3v) is 3.57. The summed E-state index contributed by atoms with van der Waals surface area (Å²) in [6.45, 7) is 6.15. The molecule has 1 heterocycles. The standard InChI is InChI=1S/C15H19ClN2/c1-3-18-10-6-7-13(18)11-17-12(2)14-8-4-5-9-15(14)16/h4-10,12,17H,3,11H2,1-2H3/t12-/m0/s1. The fraction of sp³-hybridized carbons (Fsp3) is 0.333. The molecule has 1 aromatic carbocycles. The molecular weight excluding hydrogens is 244 g/mol. The first kappa shape index (κ1) is 13.2. The van der Waals surface area contributed by atoms with Crippen LogP contribution in [0.5, 0.6) is 0 Å². The predicted octanol–water partition coefficient (Wildman–Crippen LogP) is 4.01. The first-order chi connectivity index (χ1) is 8.72. The molecule has 0 fully saturated rings. The zero-order valence-electron chi connectivity index (χ0n) is 10.9. The summed E-state index contributed by atoms with van der Waals surface area (Å²) in [4.78, 5) is 0. The summed E-state index contributed by atoms with van der Waals surface area (Å²) in [6, 6.07) is 12.5. The van der Waals surface area contributed by atoms with Crippen molar-refractivity contribution in [1.82, 2.24) is 9.88 Å². The van der Waals surface area contributed by atoms with Crippen LogP contribution in [-0.2, 0) is 13.1 Å². The van der Waals surface area contributed by atoms with Gasteiger partial charge in [-0.25, -0.2) is 0 Å². The van der Waals surface area contributed by atoms with E-state index in [1.54, 1.807) is 0 Å². The molecule has 1 atom stereocenters. The van der Waals surface area contributed by atoms with Crippen molar-refractivity contribution in [2.45, 2.75) is 33.0 Å². The Morgan fingerprint density at radius 1 is 1.22 bits per heavy atom. The maximum absolute atomic E-state index is 6.19. The van der Waals surface area contributed by atoms with Crippen molar-refractivity contribution in [1.29, 1.82) is 0 Å². The molecule has 0 saturated heterocycles. The molecule has 0 saturated carbocycles. The van der Waals surface area contributed by atoms with Crippen LogP contribution in [0.3, 0.4) is 0 Å². The molecule has 0 radical (unpaired) electrons. The molecule has 0 aliphatic rings. The first-order valence-electron chi connectivity index (χ1n) is 6.34. The van der Waals surface area contributed by atoms with Crippen LogP contribution in [0.1, 0.15) is 31.1 Å². The molecule has 1 N–H and O–H groups in total. The van der Waals surface area contributed by atoms with Gasteiger partial charge < -0.3 is 9.88 Å². The molecular formula is C15H19ClN2. The van der Waals surface area contributed by atoms with Crippen molar-refractivity contribution >= 4 is 11.6 Å². The van der Waals surface area contributed by atoms with E-state index in [0.29, 0.717) is 0 Å².